The van der Waals surface area contributed by atoms with Crippen molar-refractivity contribution < 1.29 is 37.7 Å². The summed E-state index contributed by atoms with van der Waals surface area (Å²) < 4.78 is 47.6. The zero-order valence-electron chi connectivity index (χ0n) is 23.2. The van der Waals surface area contributed by atoms with E-state index in [-0.39, 0.29) is 24.1 Å². The maximum atomic E-state index is 12.6. The maximum Gasteiger partial charge on any atom is 0.369 e. The predicted molar refractivity (Wildman–Crippen MR) is 145 cm³/mol. The van der Waals surface area contributed by atoms with Gasteiger partial charge in [0.2, 0.25) is 0 Å². The van der Waals surface area contributed by atoms with Gasteiger partial charge in [0.1, 0.15) is 24.5 Å². The number of carbonyl (C=O) groups is 2. The zero-order chi connectivity index (χ0) is 27.2. The number of esters is 2. The van der Waals surface area contributed by atoms with E-state index in [1.807, 2.05) is 0 Å². The van der Waals surface area contributed by atoms with Crippen molar-refractivity contribution in [2.75, 3.05) is 12.3 Å². The maximum absolute atomic E-state index is 12.6. The second-order valence-electron chi connectivity index (χ2n) is 10.5. The molecule has 2 fully saturated rings. The van der Waals surface area contributed by atoms with Crippen molar-refractivity contribution in [2.45, 2.75) is 147 Å². The molecule has 2 aliphatic rings. The summed E-state index contributed by atoms with van der Waals surface area (Å²) in [7, 11) is -3.24. The molecule has 0 amide bonds. The predicted octanol–water partition coefficient (Wildman–Crippen LogP) is 7.07. The number of unbranched alkanes of at least 4 members (excludes halogenated alkanes) is 2. The molecule has 8 nitrogen and oxygen atoms in total. The van der Waals surface area contributed by atoms with Crippen molar-refractivity contribution in [1.29, 1.82) is 0 Å². The highest BCUT2D eigenvalue weighted by atomic mass is 31.1. The molecule has 212 valence electrons. The van der Waals surface area contributed by atoms with E-state index in [0.29, 0.717) is 12.3 Å². The molecule has 10 heteroatoms. The van der Waals surface area contributed by atoms with Crippen LogP contribution in [0, 0.1) is 0 Å². The summed E-state index contributed by atoms with van der Waals surface area (Å²) in [5.41, 5.74) is 0. The lowest BCUT2D eigenvalue weighted by atomic mass is 9.98. The molecule has 2 aliphatic carbocycles. The minimum absolute atomic E-state index is 0.0189. The summed E-state index contributed by atoms with van der Waals surface area (Å²) >= 11 is 0. The Hall–Kier alpha value is -0.940. The number of carbonyl (C=O) groups excluding carboxylic acids is 2. The average molecular weight is 563 g/mol. The van der Waals surface area contributed by atoms with Crippen LogP contribution in [0.5, 0.6) is 0 Å². The fourth-order valence-corrected chi connectivity index (χ4v) is 7.23. The second-order valence-corrected chi connectivity index (χ2v) is 14.5. The van der Waals surface area contributed by atoms with Crippen LogP contribution in [0.4, 0.5) is 0 Å². The molecule has 0 aliphatic heterocycles. The van der Waals surface area contributed by atoms with E-state index in [2.05, 4.69) is 0 Å². The molecule has 2 saturated carbocycles. The first-order chi connectivity index (χ1) is 17.7. The lowest BCUT2D eigenvalue weighted by molar-refractivity contribution is -0.164. The van der Waals surface area contributed by atoms with E-state index in [1.165, 1.54) is 12.8 Å². The Balaban J connectivity index is 1.56. The van der Waals surface area contributed by atoms with E-state index in [0.717, 1.165) is 70.6 Å². The lowest BCUT2D eigenvalue weighted by Crippen LogP contribution is -2.31. The van der Waals surface area contributed by atoms with Gasteiger partial charge in [-0.15, -0.1) is 0 Å². The number of hydrogen-bond donors (Lipinski definition) is 0. The van der Waals surface area contributed by atoms with Gasteiger partial charge >= 0.3 is 27.5 Å². The largest absolute Gasteiger partial charge is 0.460 e. The van der Waals surface area contributed by atoms with Crippen LogP contribution in [-0.4, -0.2) is 60.4 Å². The first-order valence-corrected chi connectivity index (χ1v) is 17.3. The van der Waals surface area contributed by atoms with E-state index in [1.54, 1.807) is 27.7 Å². The van der Waals surface area contributed by atoms with Crippen LogP contribution in [0.1, 0.15) is 111 Å². The molecule has 0 heterocycles. The fourth-order valence-electron chi connectivity index (χ4n) is 4.80. The third-order valence-electron chi connectivity index (χ3n) is 7.20. The summed E-state index contributed by atoms with van der Waals surface area (Å²) in [6, 6.07) is 0. The molecule has 6 unspecified atom stereocenters. The molecule has 0 radical (unpaired) electrons. The molecule has 37 heavy (non-hydrogen) atoms. The van der Waals surface area contributed by atoms with Gasteiger partial charge in [0.15, 0.2) is 12.2 Å². The molecule has 0 aromatic heterocycles. The molecule has 2 rings (SSSR count). The third kappa shape index (κ3) is 12.6. The SMILES string of the molecule is CC(OC(C)[P+](=O)CCCCC[P+](=O)C(C)OC(C)C(=O)OC1CCCCC1)C(=O)OC1CCCCC1. The van der Waals surface area contributed by atoms with E-state index in [4.69, 9.17) is 18.9 Å². The quantitative estimate of drug-likeness (QED) is 0.112. The monoisotopic (exact) mass is 562 g/mol. The highest BCUT2D eigenvalue weighted by Gasteiger charge is 2.33. The minimum atomic E-state index is -1.62. The van der Waals surface area contributed by atoms with Crippen LogP contribution in [0.15, 0.2) is 0 Å². The van der Waals surface area contributed by atoms with E-state index >= 15 is 0 Å². The van der Waals surface area contributed by atoms with Gasteiger partial charge in [0.05, 0.1) is 0 Å². The van der Waals surface area contributed by atoms with Crippen LogP contribution in [0.25, 0.3) is 0 Å². The topological polar surface area (TPSA) is 105 Å². The van der Waals surface area contributed by atoms with Gasteiger partial charge in [0.25, 0.3) is 11.7 Å². The van der Waals surface area contributed by atoms with Crippen LogP contribution in [-0.2, 0) is 37.7 Å². The molecular weight excluding hydrogens is 514 g/mol. The van der Waals surface area contributed by atoms with Crippen molar-refractivity contribution in [3.05, 3.63) is 0 Å². The zero-order valence-corrected chi connectivity index (χ0v) is 25.0. The smallest absolute Gasteiger partial charge is 0.369 e. The van der Waals surface area contributed by atoms with Crippen molar-refractivity contribution in [3.8, 4) is 0 Å². The van der Waals surface area contributed by atoms with Gasteiger partial charge in [-0.05, 0) is 84.5 Å². The van der Waals surface area contributed by atoms with Crippen LogP contribution < -0.4 is 0 Å². The number of ether oxygens (including phenoxy) is 4. The van der Waals surface area contributed by atoms with Crippen LogP contribution in [0.3, 0.4) is 0 Å². The molecule has 6 atom stereocenters. The lowest BCUT2D eigenvalue weighted by Gasteiger charge is -2.23. The van der Waals surface area contributed by atoms with Gasteiger partial charge in [-0.1, -0.05) is 22.0 Å². The van der Waals surface area contributed by atoms with Gasteiger partial charge in [-0.3, -0.25) is 0 Å². The summed E-state index contributed by atoms with van der Waals surface area (Å²) in [4.78, 5) is 24.6. The molecule has 0 aromatic rings. The van der Waals surface area contributed by atoms with Gasteiger partial charge in [-0.25, -0.2) is 9.59 Å². The molecule has 0 saturated heterocycles. The first-order valence-electron chi connectivity index (χ1n) is 14.3. The molecular formula is C27H48O8P2+2. The standard InChI is InChI=1S/C27H48O8P2/c1-20(26(28)34-24-14-8-5-9-15-24)32-22(3)36(30)18-12-7-13-19-37(31)23(4)33-21(2)27(29)35-25-16-10-6-11-17-25/h20-25H,5-19H2,1-4H3/q+2. The van der Waals surface area contributed by atoms with Crippen LogP contribution >= 0.6 is 15.6 Å². The van der Waals surface area contributed by atoms with Gasteiger partial charge < -0.3 is 18.9 Å². The molecule has 0 aromatic carbocycles. The van der Waals surface area contributed by atoms with Gasteiger partial charge in [0, 0.05) is 13.8 Å². The number of rotatable bonds is 16. The Morgan fingerprint density at radius 3 is 1.32 bits per heavy atom. The Kier molecular flexibility index (Phi) is 15.4. The van der Waals surface area contributed by atoms with Gasteiger partial charge in [-0.2, -0.15) is 0 Å². The summed E-state index contributed by atoms with van der Waals surface area (Å²) in [5, 5.41) is 0. The Morgan fingerprint density at radius 1 is 0.622 bits per heavy atom. The normalized spacial score (nSPS) is 21.4. The highest BCUT2D eigenvalue weighted by Crippen LogP contribution is 2.34. The summed E-state index contributed by atoms with van der Waals surface area (Å²) in [5.74, 6) is -1.80. The molecule has 0 bridgehead atoms. The van der Waals surface area contributed by atoms with Crippen molar-refractivity contribution in [1.82, 2.24) is 0 Å². The van der Waals surface area contributed by atoms with Crippen molar-refractivity contribution in [2.24, 2.45) is 0 Å². The van der Waals surface area contributed by atoms with E-state index < -0.39 is 39.5 Å². The Labute approximate surface area is 224 Å². The average Bonchev–Trinajstić information content (AvgIpc) is 2.89. The van der Waals surface area contributed by atoms with E-state index in [9.17, 15) is 18.7 Å². The first kappa shape index (κ1) is 32.3. The summed E-state index contributed by atoms with van der Waals surface area (Å²) in [6.45, 7) is 6.78. The third-order valence-corrected chi connectivity index (χ3v) is 10.6. The minimum Gasteiger partial charge on any atom is -0.460 e. The van der Waals surface area contributed by atoms with Crippen molar-refractivity contribution in [3.63, 3.8) is 0 Å². The highest BCUT2D eigenvalue weighted by molar-refractivity contribution is 7.45. The van der Waals surface area contributed by atoms with Crippen molar-refractivity contribution >= 4 is 27.5 Å². The molecule has 0 N–H and O–H groups in total. The summed E-state index contributed by atoms with van der Waals surface area (Å²) in [6.07, 6.45) is 12.1. The Morgan fingerprint density at radius 2 is 0.973 bits per heavy atom. The Bertz CT molecular complexity index is 674. The molecule has 0 spiro atoms. The van der Waals surface area contributed by atoms with Crippen LogP contribution in [0.2, 0.25) is 0 Å². The fraction of sp³-hybridized carbons (Fsp3) is 0.926. The second kappa shape index (κ2) is 17.6. The number of hydrogen-bond acceptors (Lipinski definition) is 8.